The zero-order valence-electron chi connectivity index (χ0n) is 15.7. The van der Waals surface area contributed by atoms with E-state index in [-0.39, 0.29) is 12.5 Å². The molecule has 1 aliphatic rings. The first kappa shape index (κ1) is 20.5. The second-order valence-electron chi connectivity index (χ2n) is 6.33. The van der Waals surface area contributed by atoms with Gasteiger partial charge in [0.25, 0.3) is 0 Å². The molecule has 2 heterocycles. The molecule has 2 aromatic rings. The predicted molar refractivity (Wildman–Crippen MR) is 111 cm³/mol. The molecule has 28 heavy (non-hydrogen) atoms. The number of amides is 1. The Hall–Kier alpha value is -2.22. The highest BCUT2D eigenvalue weighted by molar-refractivity contribution is 6.32. The van der Waals surface area contributed by atoms with E-state index in [1.54, 1.807) is 18.3 Å². The molecule has 1 N–H and O–H groups in total. The maximum Gasteiger partial charge on any atom is 0.238 e. The minimum atomic E-state index is -0.124. The lowest BCUT2D eigenvalue weighted by Gasteiger charge is -2.35. The molecule has 1 aliphatic heterocycles. The Bertz CT molecular complexity index is 825. The summed E-state index contributed by atoms with van der Waals surface area (Å²) >= 11 is 12.0. The normalized spacial score (nSPS) is 14.6. The van der Waals surface area contributed by atoms with Crippen LogP contribution in [0, 0.1) is 0 Å². The van der Waals surface area contributed by atoms with Crippen LogP contribution in [0.1, 0.15) is 0 Å². The van der Waals surface area contributed by atoms with E-state index in [2.05, 4.69) is 20.1 Å². The molecule has 1 fully saturated rings. The summed E-state index contributed by atoms with van der Waals surface area (Å²) < 4.78 is 10.5. The summed E-state index contributed by atoms with van der Waals surface area (Å²) in [7, 11) is 3.05. The van der Waals surface area contributed by atoms with Gasteiger partial charge >= 0.3 is 0 Å². The summed E-state index contributed by atoms with van der Waals surface area (Å²) in [5.41, 5.74) is 0.526. The average Bonchev–Trinajstić information content (AvgIpc) is 2.70. The van der Waals surface area contributed by atoms with Crippen LogP contribution in [-0.4, -0.2) is 62.7 Å². The number of nitrogens with zero attached hydrogens (tertiary/aromatic N) is 3. The Morgan fingerprint density at radius 2 is 1.82 bits per heavy atom. The van der Waals surface area contributed by atoms with E-state index in [0.717, 1.165) is 32.0 Å². The summed E-state index contributed by atoms with van der Waals surface area (Å²) in [5, 5.41) is 3.91. The molecule has 0 atom stereocenters. The molecule has 3 rings (SSSR count). The Balaban J connectivity index is 1.55. The van der Waals surface area contributed by atoms with E-state index in [1.165, 1.54) is 14.2 Å². The van der Waals surface area contributed by atoms with Gasteiger partial charge in [0.2, 0.25) is 5.91 Å². The Kier molecular flexibility index (Phi) is 6.83. The van der Waals surface area contributed by atoms with Crippen LogP contribution < -0.4 is 19.7 Å². The number of piperazine rings is 1. The third kappa shape index (κ3) is 4.98. The van der Waals surface area contributed by atoms with Gasteiger partial charge < -0.3 is 19.7 Å². The third-order valence-corrected chi connectivity index (χ3v) is 5.04. The minimum absolute atomic E-state index is 0.124. The number of anilines is 2. The van der Waals surface area contributed by atoms with Gasteiger partial charge in [-0.15, -0.1) is 0 Å². The molecule has 1 amide bonds. The van der Waals surface area contributed by atoms with Crippen LogP contribution >= 0.6 is 23.2 Å². The van der Waals surface area contributed by atoms with Crippen molar-refractivity contribution in [2.75, 3.05) is 57.2 Å². The molecule has 0 radical (unpaired) electrons. The predicted octanol–water partition coefficient (Wildman–Crippen LogP) is 3.17. The fraction of sp³-hybridized carbons (Fsp3) is 0.368. The molecule has 0 bridgehead atoms. The number of nitrogens with one attached hydrogen (secondary N) is 1. The summed E-state index contributed by atoms with van der Waals surface area (Å²) in [4.78, 5) is 21.1. The molecule has 1 saturated heterocycles. The quantitative estimate of drug-likeness (QED) is 0.767. The van der Waals surface area contributed by atoms with Crippen molar-refractivity contribution in [3.05, 3.63) is 40.5 Å². The first-order valence-electron chi connectivity index (χ1n) is 8.80. The van der Waals surface area contributed by atoms with Gasteiger partial charge in [-0.1, -0.05) is 23.2 Å². The SMILES string of the molecule is COc1cc(NC(=O)CN2CCN(c3ccc(Cl)cn3)CC2)c(OC)cc1Cl. The van der Waals surface area contributed by atoms with Crippen molar-refractivity contribution in [1.82, 2.24) is 9.88 Å². The first-order chi connectivity index (χ1) is 13.5. The number of halogens is 2. The maximum atomic E-state index is 12.5. The Labute approximate surface area is 174 Å². The van der Waals surface area contributed by atoms with Gasteiger partial charge in [0.1, 0.15) is 17.3 Å². The number of hydrogen-bond acceptors (Lipinski definition) is 6. The number of benzene rings is 1. The van der Waals surface area contributed by atoms with E-state index < -0.39 is 0 Å². The van der Waals surface area contributed by atoms with Crippen molar-refractivity contribution in [2.24, 2.45) is 0 Å². The maximum absolute atomic E-state index is 12.5. The Morgan fingerprint density at radius 1 is 1.11 bits per heavy atom. The largest absolute Gasteiger partial charge is 0.495 e. The van der Waals surface area contributed by atoms with Gasteiger partial charge in [-0.05, 0) is 12.1 Å². The molecule has 1 aromatic carbocycles. The third-order valence-electron chi connectivity index (χ3n) is 4.52. The van der Waals surface area contributed by atoms with Gasteiger partial charge in [0, 0.05) is 44.5 Å². The van der Waals surface area contributed by atoms with Gasteiger partial charge in [-0.25, -0.2) is 4.98 Å². The van der Waals surface area contributed by atoms with E-state index in [0.29, 0.717) is 27.2 Å². The van der Waals surface area contributed by atoms with Crippen LogP contribution in [0.2, 0.25) is 10.0 Å². The van der Waals surface area contributed by atoms with E-state index in [4.69, 9.17) is 32.7 Å². The highest BCUT2D eigenvalue weighted by Gasteiger charge is 2.21. The highest BCUT2D eigenvalue weighted by Crippen LogP contribution is 2.35. The van der Waals surface area contributed by atoms with Gasteiger partial charge in [-0.2, -0.15) is 0 Å². The van der Waals surface area contributed by atoms with Crippen LogP contribution in [0.4, 0.5) is 11.5 Å². The number of carbonyl (C=O) groups is 1. The number of hydrogen-bond donors (Lipinski definition) is 1. The summed E-state index contributed by atoms with van der Waals surface area (Å²) in [5.74, 6) is 1.73. The second kappa shape index (κ2) is 9.32. The van der Waals surface area contributed by atoms with Crippen LogP contribution in [0.5, 0.6) is 11.5 Å². The average molecular weight is 425 g/mol. The molecule has 1 aromatic heterocycles. The van der Waals surface area contributed by atoms with Crippen molar-refractivity contribution < 1.29 is 14.3 Å². The molecule has 7 nitrogen and oxygen atoms in total. The minimum Gasteiger partial charge on any atom is -0.495 e. The van der Waals surface area contributed by atoms with Crippen LogP contribution in [-0.2, 0) is 4.79 Å². The van der Waals surface area contributed by atoms with Gasteiger partial charge in [-0.3, -0.25) is 9.69 Å². The molecular formula is C19H22Cl2N4O3. The number of carbonyl (C=O) groups excluding carboxylic acids is 1. The molecule has 0 saturated carbocycles. The number of rotatable bonds is 6. The van der Waals surface area contributed by atoms with Gasteiger partial charge in [0.05, 0.1) is 36.5 Å². The number of ether oxygens (including phenoxy) is 2. The molecule has 150 valence electrons. The topological polar surface area (TPSA) is 66.9 Å². The fourth-order valence-corrected chi connectivity index (χ4v) is 3.38. The highest BCUT2D eigenvalue weighted by atomic mass is 35.5. The van der Waals surface area contributed by atoms with Crippen LogP contribution in [0.25, 0.3) is 0 Å². The van der Waals surface area contributed by atoms with Crippen molar-refractivity contribution in [3.63, 3.8) is 0 Å². The monoisotopic (exact) mass is 424 g/mol. The molecule has 0 spiro atoms. The van der Waals surface area contributed by atoms with Crippen molar-refractivity contribution in [2.45, 2.75) is 0 Å². The first-order valence-corrected chi connectivity index (χ1v) is 9.56. The van der Waals surface area contributed by atoms with Crippen molar-refractivity contribution >= 4 is 40.6 Å². The lowest BCUT2D eigenvalue weighted by atomic mass is 10.2. The zero-order valence-corrected chi connectivity index (χ0v) is 17.3. The van der Waals surface area contributed by atoms with Crippen molar-refractivity contribution in [3.8, 4) is 11.5 Å². The fourth-order valence-electron chi connectivity index (χ4n) is 3.04. The Morgan fingerprint density at radius 3 is 2.43 bits per heavy atom. The number of pyridine rings is 1. The summed E-state index contributed by atoms with van der Waals surface area (Å²) in [6, 6.07) is 7.01. The molecule has 0 unspecified atom stereocenters. The zero-order chi connectivity index (χ0) is 20.1. The van der Waals surface area contributed by atoms with E-state index in [9.17, 15) is 4.79 Å². The number of aromatic nitrogens is 1. The van der Waals surface area contributed by atoms with Crippen LogP contribution in [0.15, 0.2) is 30.5 Å². The van der Waals surface area contributed by atoms with E-state index >= 15 is 0 Å². The lowest BCUT2D eigenvalue weighted by molar-refractivity contribution is -0.117. The van der Waals surface area contributed by atoms with Gasteiger partial charge in [0.15, 0.2) is 0 Å². The molecule has 9 heteroatoms. The number of methoxy groups -OCH3 is 2. The summed E-state index contributed by atoms with van der Waals surface area (Å²) in [6.07, 6.45) is 1.64. The van der Waals surface area contributed by atoms with E-state index in [1.807, 2.05) is 12.1 Å². The van der Waals surface area contributed by atoms with Crippen LogP contribution in [0.3, 0.4) is 0 Å². The second-order valence-corrected chi connectivity index (χ2v) is 7.18. The summed E-state index contributed by atoms with van der Waals surface area (Å²) in [6.45, 7) is 3.40. The smallest absolute Gasteiger partial charge is 0.238 e. The molecule has 0 aliphatic carbocycles. The molecular weight excluding hydrogens is 403 g/mol. The lowest BCUT2D eigenvalue weighted by Crippen LogP contribution is -2.48. The van der Waals surface area contributed by atoms with Crippen molar-refractivity contribution in [1.29, 1.82) is 0 Å². The standard InChI is InChI=1S/C19H22Cl2N4O3/c1-27-16-10-15(17(28-2)9-14(16)21)23-19(26)12-24-5-7-25(8-6-24)18-4-3-13(20)11-22-18/h3-4,9-11H,5-8,12H2,1-2H3,(H,23,26).